The summed E-state index contributed by atoms with van der Waals surface area (Å²) < 4.78 is 48.6. The Morgan fingerprint density at radius 3 is 2.69 bits per heavy atom. The summed E-state index contributed by atoms with van der Waals surface area (Å²) in [4.78, 5) is 17.4. The summed E-state index contributed by atoms with van der Waals surface area (Å²) >= 11 is 0. The molecule has 2 aromatic rings. The molecular weight excluding hydrogens is 351 g/mol. The number of methoxy groups -OCH3 is 1. The molecule has 0 bridgehead atoms. The second-order valence-electron chi connectivity index (χ2n) is 5.66. The van der Waals surface area contributed by atoms with Crippen molar-refractivity contribution in [2.45, 2.75) is 12.3 Å². The standard InChI is InChI=1S/C17H16F3N3O3/c1-25-14-5-3-2-4-13(14)22-16(24)23-9-12(10-23)26-15-8-11(6-7-21-15)17(18,19)20/h2-8,12H,9-10H2,1H3,(H,22,24). The van der Waals surface area contributed by atoms with E-state index < -0.39 is 17.8 Å². The van der Waals surface area contributed by atoms with Crippen LogP contribution >= 0.6 is 0 Å². The van der Waals surface area contributed by atoms with Crippen LogP contribution in [0, 0.1) is 0 Å². The Morgan fingerprint density at radius 2 is 2.00 bits per heavy atom. The van der Waals surface area contributed by atoms with Gasteiger partial charge < -0.3 is 19.7 Å². The number of alkyl halides is 3. The van der Waals surface area contributed by atoms with Gasteiger partial charge in [0.15, 0.2) is 0 Å². The number of pyridine rings is 1. The molecule has 1 aliphatic rings. The first-order chi connectivity index (χ1) is 12.4. The number of rotatable bonds is 4. The molecule has 0 atom stereocenters. The molecular formula is C17H16F3N3O3. The lowest BCUT2D eigenvalue weighted by Gasteiger charge is -2.38. The van der Waals surface area contributed by atoms with Crippen LogP contribution < -0.4 is 14.8 Å². The highest BCUT2D eigenvalue weighted by molar-refractivity contribution is 5.91. The van der Waals surface area contributed by atoms with Crippen molar-refractivity contribution in [3.63, 3.8) is 0 Å². The molecule has 1 aliphatic heterocycles. The minimum absolute atomic E-state index is 0.116. The largest absolute Gasteiger partial charge is 0.495 e. The van der Waals surface area contributed by atoms with E-state index in [1.54, 1.807) is 24.3 Å². The number of urea groups is 1. The zero-order chi connectivity index (χ0) is 18.7. The third kappa shape index (κ3) is 3.98. The summed E-state index contributed by atoms with van der Waals surface area (Å²) in [6.45, 7) is 0.498. The molecule has 1 fully saturated rings. The van der Waals surface area contributed by atoms with Crippen molar-refractivity contribution >= 4 is 11.7 Å². The Morgan fingerprint density at radius 1 is 1.27 bits per heavy atom. The van der Waals surface area contributed by atoms with E-state index in [1.165, 1.54) is 12.0 Å². The lowest BCUT2D eigenvalue weighted by Crippen LogP contribution is -2.57. The van der Waals surface area contributed by atoms with Gasteiger partial charge in [0.2, 0.25) is 5.88 Å². The maximum atomic E-state index is 12.7. The first kappa shape index (κ1) is 17.8. The topological polar surface area (TPSA) is 63.7 Å². The van der Waals surface area contributed by atoms with E-state index in [-0.39, 0.29) is 25.0 Å². The van der Waals surface area contributed by atoms with Crippen molar-refractivity contribution in [3.8, 4) is 11.6 Å². The minimum atomic E-state index is -4.46. The van der Waals surface area contributed by atoms with Crippen molar-refractivity contribution in [1.82, 2.24) is 9.88 Å². The number of nitrogens with zero attached hydrogens (tertiary/aromatic N) is 2. The van der Waals surface area contributed by atoms with Gasteiger partial charge in [0.1, 0.15) is 11.9 Å². The molecule has 0 saturated carbocycles. The fourth-order valence-corrected chi connectivity index (χ4v) is 2.44. The van der Waals surface area contributed by atoms with Crippen molar-refractivity contribution in [2.75, 3.05) is 25.5 Å². The van der Waals surface area contributed by atoms with Gasteiger partial charge in [-0.15, -0.1) is 0 Å². The van der Waals surface area contributed by atoms with Crippen LogP contribution in [0.15, 0.2) is 42.6 Å². The van der Waals surface area contributed by atoms with Gasteiger partial charge >= 0.3 is 12.2 Å². The highest BCUT2D eigenvalue weighted by Gasteiger charge is 2.34. The summed E-state index contributed by atoms with van der Waals surface area (Å²) in [5.74, 6) is 0.414. The van der Waals surface area contributed by atoms with Crippen LogP contribution in [0.25, 0.3) is 0 Å². The lowest BCUT2D eigenvalue weighted by molar-refractivity contribution is -0.137. The summed E-state index contributed by atoms with van der Waals surface area (Å²) in [6, 6.07) is 8.35. The van der Waals surface area contributed by atoms with Crippen molar-refractivity contribution in [1.29, 1.82) is 0 Å². The fourth-order valence-electron chi connectivity index (χ4n) is 2.44. The monoisotopic (exact) mass is 367 g/mol. The van der Waals surface area contributed by atoms with Gasteiger partial charge in [-0.1, -0.05) is 12.1 Å². The summed E-state index contributed by atoms with van der Waals surface area (Å²) in [5.41, 5.74) is -0.295. The van der Waals surface area contributed by atoms with Gasteiger partial charge in [-0.2, -0.15) is 13.2 Å². The quantitative estimate of drug-likeness (QED) is 0.900. The number of nitrogens with one attached hydrogen (secondary N) is 1. The molecule has 138 valence electrons. The van der Waals surface area contributed by atoms with E-state index in [0.717, 1.165) is 18.3 Å². The molecule has 0 aliphatic carbocycles. The summed E-state index contributed by atoms with van der Waals surface area (Å²) in [7, 11) is 1.50. The van der Waals surface area contributed by atoms with E-state index in [2.05, 4.69) is 10.3 Å². The van der Waals surface area contributed by atoms with E-state index in [9.17, 15) is 18.0 Å². The maximum Gasteiger partial charge on any atom is 0.416 e. The Bertz CT molecular complexity index is 792. The molecule has 6 nitrogen and oxygen atoms in total. The molecule has 0 unspecified atom stereocenters. The van der Waals surface area contributed by atoms with E-state index in [4.69, 9.17) is 9.47 Å². The second kappa shape index (κ2) is 7.11. The molecule has 1 saturated heterocycles. The number of para-hydroxylation sites is 2. The molecule has 9 heteroatoms. The number of hydrogen-bond acceptors (Lipinski definition) is 4. The van der Waals surface area contributed by atoms with Crippen LogP contribution in [0.5, 0.6) is 11.6 Å². The van der Waals surface area contributed by atoms with Crippen molar-refractivity contribution in [2.24, 2.45) is 0 Å². The first-order valence-corrected chi connectivity index (χ1v) is 7.75. The molecule has 0 spiro atoms. The molecule has 1 aromatic heterocycles. The fraction of sp³-hybridized carbons (Fsp3) is 0.294. The number of anilines is 1. The van der Waals surface area contributed by atoms with E-state index in [1.807, 2.05) is 0 Å². The number of carbonyl (C=O) groups excluding carboxylic acids is 1. The smallest absolute Gasteiger partial charge is 0.416 e. The van der Waals surface area contributed by atoms with Crippen molar-refractivity contribution < 1.29 is 27.4 Å². The molecule has 1 aromatic carbocycles. The number of benzene rings is 1. The predicted molar refractivity (Wildman–Crippen MR) is 87.2 cm³/mol. The molecule has 26 heavy (non-hydrogen) atoms. The van der Waals surface area contributed by atoms with E-state index >= 15 is 0 Å². The third-order valence-electron chi connectivity index (χ3n) is 3.83. The van der Waals surface area contributed by atoms with Gasteiger partial charge in [0, 0.05) is 12.3 Å². The van der Waals surface area contributed by atoms with Crippen LogP contribution in [-0.2, 0) is 6.18 Å². The Hall–Kier alpha value is -2.97. The summed E-state index contributed by atoms with van der Waals surface area (Å²) in [6.07, 6.45) is -3.82. The molecule has 1 N–H and O–H groups in total. The summed E-state index contributed by atoms with van der Waals surface area (Å²) in [5, 5.41) is 2.72. The lowest BCUT2D eigenvalue weighted by atomic mass is 10.2. The van der Waals surface area contributed by atoms with Gasteiger partial charge in [0.25, 0.3) is 0 Å². The number of aromatic nitrogens is 1. The zero-order valence-corrected chi connectivity index (χ0v) is 13.8. The molecule has 2 amide bonds. The predicted octanol–water partition coefficient (Wildman–Crippen LogP) is 3.40. The minimum Gasteiger partial charge on any atom is -0.495 e. The Labute approximate surface area is 147 Å². The molecule has 2 heterocycles. The zero-order valence-electron chi connectivity index (χ0n) is 13.8. The second-order valence-corrected chi connectivity index (χ2v) is 5.66. The molecule has 0 radical (unpaired) electrons. The highest BCUT2D eigenvalue weighted by Crippen LogP contribution is 2.31. The number of ether oxygens (including phenoxy) is 2. The Kier molecular flexibility index (Phi) is 4.88. The number of carbonyl (C=O) groups is 1. The average molecular weight is 367 g/mol. The maximum absolute atomic E-state index is 12.7. The normalized spacial score (nSPS) is 14.5. The van der Waals surface area contributed by atoms with Crippen LogP contribution in [0.4, 0.5) is 23.7 Å². The van der Waals surface area contributed by atoms with Gasteiger partial charge in [0.05, 0.1) is 31.5 Å². The number of halogens is 3. The number of amides is 2. The van der Waals surface area contributed by atoms with Crippen LogP contribution in [0.2, 0.25) is 0 Å². The first-order valence-electron chi connectivity index (χ1n) is 7.75. The number of hydrogen-bond donors (Lipinski definition) is 1. The van der Waals surface area contributed by atoms with Crippen LogP contribution in [0.3, 0.4) is 0 Å². The number of likely N-dealkylation sites (tertiary alicyclic amines) is 1. The van der Waals surface area contributed by atoms with Gasteiger partial charge in [-0.05, 0) is 18.2 Å². The Balaban J connectivity index is 1.54. The average Bonchev–Trinajstić information content (AvgIpc) is 2.57. The van der Waals surface area contributed by atoms with Crippen molar-refractivity contribution in [3.05, 3.63) is 48.2 Å². The van der Waals surface area contributed by atoms with Crippen LogP contribution in [-0.4, -0.2) is 42.2 Å². The molecule has 3 rings (SSSR count). The van der Waals surface area contributed by atoms with Gasteiger partial charge in [-0.25, -0.2) is 9.78 Å². The SMILES string of the molecule is COc1ccccc1NC(=O)N1CC(Oc2cc(C(F)(F)F)ccn2)C1. The van der Waals surface area contributed by atoms with E-state index in [0.29, 0.717) is 11.4 Å². The highest BCUT2D eigenvalue weighted by atomic mass is 19.4. The van der Waals surface area contributed by atoms with Gasteiger partial charge in [-0.3, -0.25) is 0 Å². The third-order valence-corrected chi connectivity index (χ3v) is 3.83. The van der Waals surface area contributed by atoms with Crippen LogP contribution in [0.1, 0.15) is 5.56 Å².